The average Bonchev–Trinajstić information content (AvgIpc) is 3.40. The molecule has 0 amide bonds. The summed E-state index contributed by atoms with van der Waals surface area (Å²) in [5.74, 6) is 1.40. The molecule has 0 spiro atoms. The van der Waals surface area contributed by atoms with Crippen LogP contribution in [0.4, 0.5) is 0 Å². The van der Waals surface area contributed by atoms with Crippen molar-refractivity contribution in [1.82, 2.24) is 14.9 Å². The second-order valence-electron chi connectivity index (χ2n) is 6.73. The Balaban J connectivity index is 1.57. The zero-order valence-corrected chi connectivity index (χ0v) is 13.6. The van der Waals surface area contributed by atoms with Crippen LogP contribution in [0.5, 0.6) is 0 Å². The highest BCUT2D eigenvalue weighted by Crippen LogP contribution is 2.37. The Bertz CT molecular complexity index is 776. The van der Waals surface area contributed by atoms with Gasteiger partial charge in [0.1, 0.15) is 5.82 Å². The molecule has 0 radical (unpaired) electrons. The van der Waals surface area contributed by atoms with Crippen molar-refractivity contribution in [2.75, 3.05) is 6.54 Å². The van der Waals surface area contributed by atoms with Crippen molar-refractivity contribution in [3.8, 4) is 0 Å². The Morgan fingerprint density at radius 1 is 1.26 bits per heavy atom. The Morgan fingerprint density at radius 3 is 2.78 bits per heavy atom. The number of H-pyrrole nitrogens is 1. The zero-order valence-electron chi connectivity index (χ0n) is 13.6. The van der Waals surface area contributed by atoms with Crippen LogP contribution in [0, 0.1) is 0 Å². The highest BCUT2D eigenvalue weighted by Gasteiger charge is 2.29. The molecule has 1 aliphatic carbocycles. The minimum atomic E-state index is 0.0884. The Morgan fingerprint density at radius 2 is 2.04 bits per heavy atom. The average molecular weight is 309 g/mol. The van der Waals surface area contributed by atoms with Crippen molar-refractivity contribution in [2.24, 2.45) is 0 Å². The molecule has 2 aromatic rings. The molecule has 2 aliphatic rings. The molecule has 1 saturated carbocycles. The highest BCUT2D eigenvalue weighted by molar-refractivity contribution is 5.28. The molecule has 1 aromatic heterocycles. The largest absolute Gasteiger partial charge is 0.310 e. The lowest BCUT2D eigenvalue weighted by Gasteiger charge is -2.28. The van der Waals surface area contributed by atoms with Crippen molar-refractivity contribution in [3.05, 3.63) is 62.8 Å². The van der Waals surface area contributed by atoms with Gasteiger partial charge in [-0.15, -0.1) is 0 Å². The minimum Gasteiger partial charge on any atom is -0.310 e. The van der Waals surface area contributed by atoms with Crippen molar-refractivity contribution in [3.63, 3.8) is 0 Å². The topological polar surface area (TPSA) is 49.0 Å². The van der Waals surface area contributed by atoms with Gasteiger partial charge in [-0.3, -0.25) is 9.69 Å². The minimum absolute atomic E-state index is 0.0884. The maximum absolute atomic E-state index is 12.3. The molecule has 4 heteroatoms. The van der Waals surface area contributed by atoms with E-state index in [0.29, 0.717) is 5.92 Å². The molecule has 0 saturated heterocycles. The number of aryl methyl sites for hydroxylation is 1. The number of aromatic amines is 1. The summed E-state index contributed by atoms with van der Waals surface area (Å²) in [5, 5.41) is 0. The number of hydrogen-bond donors (Lipinski definition) is 1. The summed E-state index contributed by atoms with van der Waals surface area (Å²) in [6.07, 6.45) is 4.19. The zero-order chi connectivity index (χ0) is 15.8. The maximum atomic E-state index is 12.3. The molecule has 1 N–H and O–H groups in total. The van der Waals surface area contributed by atoms with Crippen LogP contribution in [-0.2, 0) is 25.9 Å². The number of rotatable bonds is 4. The van der Waals surface area contributed by atoms with Gasteiger partial charge in [0.05, 0.1) is 5.69 Å². The van der Waals surface area contributed by atoms with Gasteiger partial charge >= 0.3 is 0 Å². The van der Waals surface area contributed by atoms with E-state index >= 15 is 0 Å². The summed E-state index contributed by atoms with van der Waals surface area (Å²) in [6, 6.07) is 8.65. The normalized spacial score (nSPS) is 18.0. The van der Waals surface area contributed by atoms with Gasteiger partial charge in [-0.05, 0) is 36.8 Å². The molecule has 1 fully saturated rings. The van der Waals surface area contributed by atoms with E-state index < -0.39 is 0 Å². The summed E-state index contributed by atoms with van der Waals surface area (Å²) >= 11 is 0. The number of hydrogen-bond acceptors (Lipinski definition) is 3. The fourth-order valence-electron chi connectivity index (χ4n) is 3.50. The summed E-state index contributed by atoms with van der Waals surface area (Å²) in [4.78, 5) is 22.5. The molecule has 0 bridgehead atoms. The summed E-state index contributed by atoms with van der Waals surface area (Å²) in [5.41, 5.74) is 4.79. The van der Waals surface area contributed by atoms with Gasteiger partial charge in [-0.1, -0.05) is 31.2 Å². The predicted molar refractivity (Wildman–Crippen MR) is 90.5 cm³/mol. The lowest BCUT2D eigenvalue weighted by molar-refractivity contribution is 0.239. The quantitative estimate of drug-likeness (QED) is 0.945. The third-order valence-corrected chi connectivity index (χ3v) is 5.03. The first-order valence-corrected chi connectivity index (χ1v) is 8.65. The van der Waals surface area contributed by atoms with E-state index in [1.807, 2.05) is 0 Å². The second-order valence-corrected chi connectivity index (χ2v) is 6.73. The van der Waals surface area contributed by atoms with Crippen LogP contribution >= 0.6 is 0 Å². The molecule has 120 valence electrons. The third kappa shape index (κ3) is 2.95. The van der Waals surface area contributed by atoms with Crippen LogP contribution < -0.4 is 5.56 Å². The van der Waals surface area contributed by atoms with Crippen molar-refractivity contribution < 1.29 is 0 Å². The van der Waals surface area contributed by atoms with E-state index in [-0.39, 0.29) is 5.56 Å². The molecule has 1 aromatic carbocycles. The maximum Gasteiger partial charge on any atom is 0.254 e. The SMILES string of the molecule is CCc1ccccc1CN1CCc2c(nc(C3CC3)[nH]c2=O)C1. The van der Waals surface area contributed by atoms with E-state index in [2.05, 4.69) is 41.1 Å². The Labute approximate surface area is 136 Å². The van der Waals surface area contributed by atoms with Gasteiger partial charge < -0.3 is 4.98 Å². The smallest absolute Gasteiger partial charge is 0.254 e. The molecular weight excluding hydrogens is 286 g/mol. The summed E-state index contributed by atoms with van der Waals surface area (Å²) < 4.78 is 0. The summed E-state index contributed by atoms with van der Waals surface area (Å²) in [6.45, 7) is 4.86. The standard InChI is InChI=1S/C19H23N3O/c1-2-13-5-3-4-6-15(13)11-22-10-9-16-17(12-22)20-18(14-7-8-14)21-19(16)23/h3-6,14H,2,7-12H2,1H3,(H,20,21,23). The van der Waals surface area contributed by atoms with Gasteiger partial charge in [0.25, 0.3) is 5.56 Å². The van der Waals surface area contributed by atoms with E-state index in [1.54, 1.807) is 0 Å². The number of nitrogens with zero attached hydrogens (tertiary/aromatic N) is 2. The van der Waals surface area contributed by atoms with E-state index in [4.69, 9.17) is 4.98 Å². The van der Waals surface area contributed by atoms with Crippen LogP contribution in [0.3, 0.4) is 0 Å². The van der Waals surface area contributed by atoms with Crippen molar-refractivity contribution >= 4 is 0 Å². The second kappa shape index (κ2) is 5.93. The first-order valence-electron chi connectivity index (χ1n) is 8.65. The molecule has 2 heterocycles. The van der Waals surface area contributed by atoms with E-state index in [9.17, 15) is 4.79 Å². The molecule has 0 unspecified atom stereocenters. The number of aromatic nitrogens is 2. The first kappa shape index (κ1) is 14.6. The third-order valence-electron chi connectivity index (χ3n) is 5.03. The van der Waals surface area contributed by atoms with Crippen LogP contribution in [-0.4, -0.2) is 21.4 Å². The lowest BCUT2D eigenvalue weighted by Crippen LogP contribution is -2.35. The van der Waals surface area contributed by atoms with E-state index in [0.717, 1.165) is 62.4 Å². The number of nitrogens with one attached hydrogen (secondary N) is 1. The highest BCUT2D eigenvalue weighted by atomic mass is 16.1. The summed E-state index contributed by atoms with van der Waals surface area (Å²) in [7, 11) is 0. The van der Waals surface area contributed by atoms with Crippen LogP contribution in [0.25, 0.3) is 0 Å². The van der Waals surface area contributed by atoms with Gasteiger partial charge in [0.15, 0.2) is 0 Å². The van der Waals surface area contributed by atoms with Crippen LogP contribution in [0.2, 0.25) is 0 Å². The lowest BCUT2D eigenvalue weighted by atomic mass is 10.0. The molecule has 4 nitrogen and oxygen atoms in total. The van der Waals surface area contributed by atoms with Crippen molar-refractivity contribution in [2.45, 2.75) is 51.6 Å². The monoisotopic (exact) mass is 309 g/mol. The van der Waals surface area contributed by atoms with Crippen molar-refractivity contribution in [1.29, 1.82) is 0 Å². The number of fused-ring (bicyclic) bond motifs is 1. The fraction of sp³-hybridized carbons (Fsp3) is 0.474. The van der Waals surface area contributed by atoms with Gasteiger partial charge in [-0.2, -0.15) is 0 Å². The molecule has 4 rings (SSSR count). The fourth-order valence-corrected chi connectivity index (χ4v) is 3.50. The van der Waals surface area contributed by atoms with Crippen LogP contribution in [0.15, 0.2) is 29.1 Å². The first-order chi connectivity index (χ1) is 11.2. The Hall–Kier alpha value is -1.94. The van der Waals surface area contributed by atoms with Gasteiger partial charge in [0, 0.05) is 31.1 Å². The number of benzene rings is 1. The molecular formula is C19H23N3O. The molecule has 23 heavy (non-hydrogen) atoms. The predicted octanol–water partition coefficient (Wildman–Crippen LogP) is 2.77. The van der Waals surface area contributed by atoms with E-state index in [1.165, 1.54) is 11.1 Å². The van der Waals surface area contributed by atoms with Gasteiger partial charge in [0.2, 0.25) is 0 Å². The molecule has 1 aliphatic heterocycles. The van der Waals surface area contributed by atoms with Gasteiger partial charge in [-0.25, -0.2) is 4.98 Å². The van der Waals surface area contributed by atoms with Crippen LogP contribution in [0.1, 0.15) is 53.9 Å². The Kier molecular flexibility index (Phi) is 3.77. The molecule has 0 atom stereocenters.